The largest absolute Gasteiger partial charge is 0.341 e. The van der Waals surface area contributed by atoms with Gasteiger partial charge in [-0.1, -0.05) is 0 Å². The lowest BCUT2D eigenvalue weighted by atomic mass is 9.73. The summed E-state index contributed by atoms with van der Waals surface area (Å²) in [5.74, 6) is 2.94. The van der Waals surface area contributed by atoms with Crippen molar-refractivity contribution in [3.8, 4) is 0 Å². The van der Waals surface area contributed by atoms with E-state index < -0.39 is 0 Å². The second-order valence-corrected chi connectivity index (χ2v) is 7.93. The Hall–Kier alpha value is -1.95. The number of anilines is 1. The molecule has 0 aromatic carbocycles. The van der Waals surface area contributed by atoms with E-state index in [0.29, 0.717) is 0 Å². The van der Waals surface area contributed by atoms with Crippen LogP contribution in [0.1, 0.15) is 42.9 Å². The Morgan fingerprint density at radius 3 is 2.68 bits per heavy atom. The number of rotatable bonds is 3. The smallest absolute Gasteiger partial charge is 0.225 e. The highest BCUT2D eigenvalue weighted by atomic mass is 15.3. The Bertz CT molecular complexity index is 756. The van der Waals surface area contributed by atoms with Gasteiger partial charge in [-0.2, -0.15) is 0 Å². The van der Waals surface area contributed by atoms with Gasteiger partial charge in [0.25, 0.3) is 0 Å². The molecule has 0 unspecified atom stereocenters. The van der Waals surface area contributed by atoms with Crippen LogP contribution in [0.15, 0.2) is 18.5 Å². The van der Waals surface area contributed by atoms with Gasteiger partial charge in [0.2, 0.25) is 5.95 Å². The Labute approximate surface area is 148 Å². The third-order valence-electron chi connectivity index (χ3n) is 6.21. The third-order valence-corrected chi connectivity index (χ3v) is 6.21. The topological polar surface area (TPSA) is 58.9 Å². The first-order valence-corrected chi connectivity index (χ1v) is 9.54. The summed E-state index contributed by atoms with van der Waals surface area (Å²) in [7, 11) is 0. The molecule has 1 saturated carbocycles. The van der Waals surface area contributed by atoms with Crippen molar-refractivity contribution in [2.45, 2.75) is 51.1 Å². The molecule has 1 N–H and O–H groups in total. The van der Waals surface area contributed by atoms with Crippen LogP contribution in [0.4, 0.5) is 5.95 Å². The first-order chi connectivity index (χ1) is 12.3. The fourth-order valence-corrected chi connectivity index (χ4v) is 4.52. The van der Waals surface area contributed by atoms with Crippen LogP contribution in [0.2, 0.25) is 0 Å². The molecule has 3 aliphatic rings. The number of hydrogen-bond acceptors (Lipinski definition) is 5. The number of nitrogens with one attached hydrogen (secondary N) is 1. The molecule has 0 amide bonds. The van der Waals surface area contributed by atoms with Crippen LogP contribution in [-0.2, 0) is 18.5 Å². The number of imidazole rings is 1. The molecular weight excluding hydrogens is 312 g/mol. The van der Waals surface area contributed by atoms with Gasteiger partial charge >= 0.3 is 0 Å². The molecule has 6 heteroatoms. The molecule has 0 radical (unpaired) electrons. The van der Waals surface area contributed by atoms with Crippen molar-refractivity contribution in [3.63, 3.8) is 0 Å². The van der Waals surface area contributed by atoms with Crippen LogP contribution in [-0.4, -0.2) is 39.2 Å². The van der Waals surface area contributed by atoms with Gasteiger partial charge in [-0.15, -0.1) is 0 Å². The summed E-state index contributed by atoms with van der Waals surface area (Å²) in [4.78, 5) is 16.2. The summed E-state index contributed by atoms with van der Waals surface area (Å²) in [5.41, 5.74) is 3.00. The second kappa shape index (κ2) is 5.80. The number of fused-ring (bicyclic) bond motifs is 2. The summed E-state index contributed by atoms with van der Waals surface area (Å²) in [5, 5.41) is 3.69. The number of aromatic nitrogens is 4. The minimum absolute atomic E-state index is 0.179. The van der Waals surface area contributed by atoms with Crippen LogP contribution in [0.3, 0.4) is 0 Å². The zero-order chi connectivity index (χ0) is 16.9. The van der Waals surface area contributed by atoms with E-state index >= 15 is 0 Å². The monoisotopic (exact) mass is 338 g/mol. The van der Waals surface area contributed by atoms with Crippen LogP contribution in [0, 0.1) is 12.8 Å². The molecule has 2 aromatic rings. The standard InChI is InChI=1S/C19H26N6/c1-14-23-17-16(25(14)12-15-3-4-15)11-20-13-19(17)5-9-24(10-6-19)18-21-7-2-8-22-18/h2,7-8,15,20H,3-6,9-13H2,1H3. The average molecular weight is 338 g/mol. The van der Waals surface area contributed by atoms with Crippen molar-refractivity contribution in [1.82, 2.24) is 24.8 Å². The van der Waals surface area contributed by atoms with Crippen LogP contribution in [0.5, 0.6) is 0 Å². The zero-order valence-electron chi connectivity index (χ0n) is 14.9. The maximum Gasteiger partial charge on any atom is 0.225 e. The molecule has 1 aliphatic carbocycles. The molecule has 25 heavy (non-hydrogen) atoms. The Kier molecular flexibility index (Phi) is 3.55. The molecule has 0 bridgehead atoms. The molecule has 2 aliphatic heterocycles. The van der Waals surface area contributed by atoms with Crippen molar-refractivity contribution in [2.24, 2.45) is 5.92 Å². The lowest BCUT2D eigenvalue weighted by molar-refractivity contribution is 0.284. The van der Waals surface area contributed by atoms with Gasteiger partial charge in [0.15, 0.2) is 0 Å². The highest BCUT2D eigenvalue weighted by Crippen LogP contribution is 2.40. The molecule has 5 rings (SSSR count). The minimum Gasteiger partial charge on any atom is -0.341 e. The molecule has 1 saturated heterocycles. The maximum absolute atomic E-state index is 5.08. The maximum atomic E-state index is 5.08. The van der Waals surface area contributed by atoms with Gasteiger partial charge in [0, 0.05) is 50.5 Å². The number of hydrogen-bond donors (Lipinski definition) is 1. The average Bonchev–Trinajstić information content (AvgIpc) is 3.41. The summed E-state index contributed by atoms with van der Waals surface area (Å²) >= 11 is 0. The summed E-state index contributed by atoms with van der Waals surface area (Å²) in [6, 6.07) is 1.88. The van der Waals surface area contributed by atoms with Gasteiger partial charge in [0.1, 0.15) is 5.82 Å². The third kappa shape index (κ3) is 2.63. The first-order valence-electron chi connectivity index (χ1n) is 9.54. The van der Waals surface area contributed by atoms with Crippen LogP contribution in [0.25, 0.3) is 0 Å². The lowest BCUT2D eigenvalue weighted by Crippen LogP contribution is -2.51. The fourth-order valence-electron chi connectivity index (χ4n) is 4.52. The normalized spacial score (nSPS) is 22.2. The molecule has 1 spiro atoms. The molecule has 4 heterocycles. The van der Waals surface area contributed by atoms with E-state index in [1.165, 1.54) is 30.1 Å². The predicted octanol–water partition coefficient (Wildman–Crippen LogP) is 2.03. The number of aryl methyl sites for hydroxylation is 1. The first kappa shape index (κ1) is 15.3. The Morgan fingerprint density at radius 2 is 1.96 bits per heavy atom. The van der Waals surface area contributed by atoms with E-state index in [1.54, 1.807) is 0 Å². The second-order valence-electron chi connectivity index (χ2n) is 7.93. The van der Waals surface area contributed by atoms with E-state index in [9.17, 15) is 0 Å². The van der Waals surface area contributed by atoms with Gasteiger partial charge in [-0.25, -0.2) is 15.0 Å². The molecule has 2 aromatic heterocycles. The van der Waals surface area contributed by atoms with Gasteiger partial charge in [-0.05, 0) is 44.6 Å². The predicted molar refractivity (Wildman–Crippen MR) is 96.6 cm³/mol. The summed E-state index contributed by atoms with van der Waals surface area (Å²) < 4.78 is 2.49. The van der Waals surface area contributed by atoms with E-state index in [4.69, 9.17) is 4.98 Å². The molecule has 2 fully saturated rings. The molecular formula is C19H26N6. The Morgan fingerprint density at radius 1 is 1.20 bits per heavy atom. The van der Waals surface area contributed by atoms with Crippen LogP contribution >= 0.6 is 0 Å². The fraction of sp³-hybridized carbons (Fsp3) is 0.632. The lowest BCUT2D eigenvalue weighted by Gasteiger charge is -2.43. The van der Waals surface area contributed by atoms with Gasteiger partial charge in [-0.3, -0.25) is 0 Å². The highest BCUT2D eigenvalue weighted by molar-refractivity contribution is 5.36. The minimum atomic E-state index is 0.179. The molecule has 6 nitrogen and oxygen atoms in total. The zero-order valence-corrected chi connectivity index (χ0v) is 14.9. The highest BCUT2D eigenvalue weighted by Gasteiger charge is 2.43. The van der Waals surface area contributed by atoms with Crippen molar-refractivity contribution >= 4 is 5.95 Å². The van der Waals surface area contributed by atoms with Crippen molar-refractivity contribution in [1.29, 1.82) is 0 Å². The van der Waals surface area contributed by atoms with E-state index in [1.807, 2.05) is 18.5 Å². The summed E-state index contributed by atoms with van der Waals surface area (Å²) in [6.45, 7) is 7.36. The molecule has 132 valence electrons. The van der Waals surface area contributed by atoms with Gasteiger partial charge in [0.05, 0.1) is 11.4 Å². The van der Waals surface area contributed by atoms with Crippen molar-refractivity contribution in [2.75, 3.05) is 24.5 Å². The van der Waals surface area contributed by atoms with E-state index in [2.05, 4.69) is 31.7 Å². The SMILES string of the molecule is Cc1nc2c(n1CC1CC1)CNCC21CCN(c2ncccn2)CC1. The molecule has 0 atom stereocenters. The number of nitrogens with zero attached hydrogens (tertiary/aromatic N) is 5. The van der Waals surface area contributed by atoms with E-state index in [0.717, 1.165) is 57.4 Å². The van der Waals surface area contributed by atoms with E-state index in [-0.39, 0.29) is 5.41 Å². The summed E-state index contributed by atoms with van der Waals surface area (Å²) in [6.07, 6.45) is 8.66. The number of piperidine rings is 1. The quantitative estimate of drug-likeness (QED) is 0.928. The van der Waals surface area contributed by atoms with Crippen molar-refractivity contribution in [3.05, 3.63) is 35.7 Å². The van der Waals surface area contributed by atoms with Crippen molar-refractivity contribution < 1.29 is 0 Å². The van der Waals surface area contributed by atoms with Crippen LogP contribution < -0.4 is 10.2 Å². The van der Waals surface area contributed by atoms with Gasteiger partial charge < -0.3 is 14.8 Å². The Balaban J connectivity index is 1.41.